The fourth-order valence-corrected chi connectivity index (χ4v) is 4.04. The van der Waals surface area contributed by atoms with Gasteiger partial charge in [0, 0.05) is 12.1 Å². The number of rotatable bonds is 4. The Kier molecular flexibility index (Phi) is 4.77. The maximum Gasteiger partial charge on any atom is 0.306 e. The lowest BCUT2D eigenvalue weighted by Crippen LogP contribution is -2.40. The van der Waals surface area contributed by atoms with E-state index in [1.807, 2.05) is 6.07 Å². The minimum atomic E-state index is -0.648. The van der Waals surface area contributed by atoms with Gasteiger partial charge < -0.3 is 10.4 Å². The van der Waals surface area contributed by atoms with Crippen LogP contribution in [-0.4, -0.2) is 23.2 Å². The Balaban J connectivity index is 1.48. The summed E-state index contributed by atoms with van der Waals surface area (Å²) >= 11 is 0. The second kappa shape index (κ2) is 6.78. The van der Waals surface area contributed by atoms with E-state index in [1.54, 1.807) is 12.1 Å². The number of halogens is 1. The summed E-state index contributed by atoms with van der Waals surface area (Å²) in [7, 11) is 0. The molecule has 2 atom stereocenters. The first-order valence-corrected chi connectivity index (χ1v) is 8.36. The van der Waals surface area contributed by atoms with Gasteiger partial charge in [-0.05, 0) is 68.6 Å². The van der Waals surface area contributed by atoms with Crippen LogP contribution in [0.2, 0.25) is 0 Å². The smallest absolute Gasteiger partial charge is 0.306 e. The molecule has 2 aliphatic carbocycles. The molecular weight excluding hydrogens is 281 g/mol. The number of aliphatic carboxylic acids is 1. The summed E-state index contributed by atoms with van der Waals surface area (Å²) in [6, 6.07) is 7.90. The zero-order valence-corrected chi connectivity index (χ0v) is 12.8. The summed E-state index contributed by atoms with van der Waals surface area (Å²) in [5.74, 6) is -0.503. The van der Waals surface area contributed by atoms with Gasteiger partial charge in [0.1, 0.15) is 5.82 Å². The second-order valence-corrected chi connectivity index (χ2v) is 6.82. The molecule has 0 amide bonds. The first-order chi connectivity index (χ1) is 10.6. The van der Waals surface area contributed by atoms with E-state index in [9.17, 15) is 9.18 Å². The van der Waals surface area contributed by atoms with E-state index in [4.69, 9.17) is 5.11 Å². The Labute approximate surface area is 130 Å². The molecule has 0 heterocycles. The van der Waals surface area contributed by atoms with Gasteiger partial charge in [-0.25, -0.2) is 4.39 Å². The van der Waals surface area contributed by atoms with Gasteiger partial charge in [-0.1, -0.05) is 12.1 Å². The first-order valence-electron chi connectivity index (χ1n) is 8.36. The molecule has 120 valence electrons. The van der Waals surface area contributed by atoms with Crippen molar-refractivity contribution in [3.05, 3.63) is 35.6 Å². The predicted octanol–water partition coefficient (Wildman–Crippen LogP) is 3.69. The topological polar surface area (TPSA) is 49.3 Å². The Bertz CT molecular complexity index is 526. The highest BCUT2D eigenvalue weighted by atomic mass is 19.1. The molecule has 22 heavy (non-hydrogen) atoms. The monoisotopic (exact) mass is 305 g/mol. The summed E-state index contributed by atoms with van der Waals surface area (Å²) < 4.78 is 13.3. The van der Waals surface area contributed by atoms with E-state index in [0.717, 1.165) is 50.5 Å². The molecule has 0 spiro atoms. The third-order valence-corrected chi connectivity index (χ3v) is 5.30. The molecule has 0 bridgehead atoms. The molecule has 2 unspecified atom stereocenters. The largest absolute Gasteiger partial charge is 0.481 e. The van der Waals surface area contributed by atoms with Crippen molar-refractivity contribution in [1.29, 1.82) is 0 Å². The Hall–Kier alpha value is -1.42. The highest BCUT2D eigenvalue weighted by molar-refractivity contribution is 5.70. The molecule has 0 saturated heterocycles. The highest BCUT2D eigenvalue weighted by Gasteiger charge is 2.30. The number of carboxylic acid groups (broad SMARTS) is 1. The molecule has 0 aromatic heterocycles. The Morgan fingerprint density at radius 3 is 2.50 bits per heavy atom. The fraction of sp³-hybridized carbons (Fsp3) is 0.611. The van der Waals surface area contributed by atoms with Crippen molar-refractivity contribution in [1.82, 2.24) is 5.32 Å². The van der Waals surface area contributed by atoms with E-state index in [0.29, 0.717) is 18.0 Å². The van der Waals surface area contributed by atoms with E-state index < -0.39 is 5.97 Å². The van der Waals surface area contributed by atoms with Crippen LogP contribution in [0.5, 0.6) is 0 Å². The van der Waals surface area contributed by atoms with Crippen molar-refractivity contribution < 1.29 is 14.3 Å². The minimum Gasteiger partial charge on any atom is -0.481 e. The van der Waals surface area contributed by atoms with Crippen LogP contribution in [0.4, 0.5) is 4.39 Å². The van der Waals surface area contributed by atoms with Gasteiger partial charge >= 0.3 is 5.97 Å². The highest BCUT2D eigenvalue weighted by Crippen LogP contribution is 2.35. The number of hydrogen-bond donors (Lipinski definition) is 2. The molecule has 2 saturated carbocycles. The Morgan fingerprint density at radius 2 is 1.82 bits per heavy atom. The van der Waals surface area contributed by atoms with Crippen LogP contribution in [0.25, 0.3) is 0 Å². The van der Waals surface area contributed by atoms with Gasteiger partial charge in [-0.3, -0.25) is 4.79 Å². The lowest BCUT2D eigenvalue weighted by atomic mass is 9.85. The number of carbonyl (C=O) groups is 1. The number of carboxylic acids is 1. The van der Waals surface area contributed by atoms with Crippen LogP contribution in [-0.2, 0) is 4.79 Å². The van der Waals surface area contributed by atoms with Gasteiger partial charge in [0.2, 0.25) is 0 Å². The van der Waals surface area contributed by atoms with Crippen LogP contribution < -0.4 is 5.32 Å². The van der Waals surface area contributed by atoms with Crippen LogP contribution in [0.1, 0.15) is 56.4 Å². The van der Waals surface area contributed by atoms with Gasteiger partial charge in [0.15, 0.2) is 0 Å². The van der Waals surface area contributed by atoms with Crippen molar-refractivity contribution in [2.45, 2.75) is 62.9 Å². The summed E-state index contributed by atoms with van der Waals surface area (Å²) in [6.07, 6.45) is 6.77. The zero-order chi connectivity index (χ0) is 15.5. The van der Waals surface area contributed by atoms with Crippen LogP contribution >= 0.6 is 0 Å². The first kappa shape index (κ1) is 15.5. The zero-order valence-electron chi connectivity index (χ0n) is 12.8. The van der Waals surface area contributed by atoms with Crippen molar-refractivity contribution in [2.75, 3.05) is 0 Å². The molecular formula is C18H24FNO2. The molecule has 3 nitrogen and oxygen atoms in total. The average Bonchev–Trinajstić information content (AvgIpc) is 2.96. The molecule has 0 aliphatic heterocycles. The van der Waals surface area contributed by atoms with Crippen LogP contribution in [0, 0.1) is 11.7 Å². The summed E-state index contributed by atoms with van der Waals surface area (Å²) in [5, 5.41) is 12.7. The lowest BCUT2D eigenvalue weighted by Gasteiger charge is -2.29. The molecule has 4 heteroatoms. The van der Waals surface area contributed by atoms with Crippen LogP contribution in [0.3, 0.4) is 0 Å². The third-order valence-electron chi connectivity index (χ3n) is 5.30. The molecule has 1 aromatic carbocycles. The van der Waals surface area contributed by atoms with Gasteiger partial charge in [-0.2, -0.15) is 0 Å². The molecule has 0 radical (unpaired) electrons. The van der Waals surface area contributed by atoms with Crippen molar-refractivity contribution in [2.24, 2.45) is 5.92 Å². The van der Waals surface area contributed by atoms with Crippen molar-refractivity contribution in [3.63, 3.8) is 0 Å². The van der Waals surface area contributed by atoms with Gasteiger partial charge in [0.25, 0.3) is 0 Å². The minimum absolute atomic E-state index is 0.151. The average molecular weight is 305 g/mol. The summed E-state index contributed by atoms with van der Waals surface area (Å²) in [4.78, 5) is 11.0. The summed E-state index contributed by atoms with van der Waals surface area (Å²) in [6.45, 7) is 0. The van der Waals surface area contributed by atoms with E-state index >= 15 is 0 Å². The van der Waals surface area contributed by atoms with Crippen molar-refractivity contribution in [3.8, 4) is 0 Å². The fourth-order valence-electron chi connectivity index (χ4n) is 4.04. The predicted molar refractivity (Wildman–Crippen MR) is 83.3 cm³/mol. The molecule has 1 aromatic rings. The third kappa shape index (κ3) is 3.67. The van der Waals surface area contributed by atoms with Gasteiger partial charge in [0.05, 0.1) is 5.92 Å². The van der Waals surface area contributed by atoms with E-state index in [-0.39, 0.29) is 11.7 Å². The van der Waals surface area contributed by atoms with Crippen LogP contribution in [0.15, 0.2) is 24.3 Å². The molecule has 2 aliphatic rings. The number of hydrogen-bond acceptors (Lipinski definition) is 2. The second-order valence-electron chi connectivity index (χ2n) is 6.82. The maximum absolute atomic E-state index is 13.3. The molecule has 2 N–H and O–H groups in total. The summed E-state index contributed by atoms with van der Waals surface area (Å²) in [5.41, 5.74) is 1.11. The van der Waals surface area contributed by atoms with Gasteiger partial charge in [-0.15, -0.1) is 0 Å². The van der Waals surface area contributed by atoms with E-state index in [1.165, 1.54) is 6.07 Å². The SMILES string of the molecule is O=C(O)C1CCC(NC2CCC(c3cccc(F)c3)C2)CC1. The Morgan fingerprint density at radius 1 is 1.09 bits per heavy atom. The standard InChI is InChI=1S/C18H24FNO2/c19-15-3-1-2-13(10-15)14-6-9-17(11-14)20-16-7-4-12(5-8-16)18(21)22/h1-3,10,12,14,16-17,20H,4-9,11H2,(H,21,22). The molecule has 2 fully saturated rings. The molecule has 3 rings (SSSR count). The van der Waals surface area contributed by atoms with Crippen molar-refractivity contribution >= 4 is 5.97 Å². The number of benzene rings is 1. The lowest BCUT2D eigenvalue weighted by molar-refractivity contribution is -0.142. The normalized spacial score (nSPS) is 32.0. The number of nitrogens with one attached hydrogen (secondary N) is 1. The quantitative estimate of drug-likeness (QED) is 0.892. The maximum atomic E-state index is 13.3. The van der Waals surface area contributed by atoms with E-state index in [2.05, 4.69) is 5.32 Å².